The van der Waals surface area contributed by atoms with Gasteiger partial charge in [-0.25, -0.2) is 0 Å². The van der Waals surface area contributed by atoms with Gasteiger partial charge in [-0.05, 0) is 51.9 Å². The van der Waals surface area contributed by atoms with E-state index < -0.39 is 0 Å². The zero-order valence-electron chi connectivity index (χ0n) is 15.0. The van der Waals surface area contributed by atoms with Gasteiger partial charge in [-0.3, -0.25) is 4.99 Å². The van der Waals surface area contributed by atoms with Crippen LogP contribution in [0.4, 0.5) is 0 Å². The first-order chi connectivity index (χ1) is 11.2. The van der Waals surface area contributed by atoms with E-state index in [0.717, 1.165) is 29.7 Å². The Kier molecular flexibility index (Phi) is 10.1. The summed E-state index contributed by atoms with van der Waals surface area (Å²) in [6.07, 6.45) is 2.52. The highest BCUT2D eigenvalue weighted by atomic mass is 127. The molecule has 1 fully saturated rings. The third-order valence-corrected chi connectivity index (χ3v) is 4.34. The minimum absolute atomic E-state index is 0. The maximum atomic E-state index is 5.66. The Morgan fingerprint density at radius 3 is 2.62 bits per heavy atom. The fourth-order valence-corrected chi connectivity index (χ4v) is 2.85. The highest BCUT2D eigenvalue weighted by molar-refractivity contribution is 14.0. The number of benzene rings is 1. The second kappa shape index (κ2) is 11.5. The quantitative estimate of drug-likeness (QED) is 0.401. The van der Waals surface area contributed by atoms with E-state index in [4.69, 9.17) is 4.74 Å². The topological polar surface area (TPSA) is 48.9 Å². The Morgan fingerprint density at radius 2 is 1.96 bits per heavy atom. The number of halogens is 1. The molecule has 1 aromatic rings. The van der Waals surface area contributed by atoms with Crippen molar-refractivity contribution in [2.24, 2.45) is 10.9 Å². The predicted octanol–water partition coefficient (Wildman–Crippen LogP) is 2.71. The van der Waals surface area contributed by atoms with Crippen molar-refractivity contribution in [1.82, 2.24) is 15.5 Å². The van der Waals surface area contributed by atoms with Crippen molar-refractivity contribution in [3.05, 3.63) is 29.8 Å². The molecular formula is C18H31IN4O. The molecule has 0 aliphatic carbocycles. The van der Waals surface area contributed by atoms with Crippen LogP contribution >= 0.6 is 24.0 Å². The average molecular weight is 446 g/mol. The number of hydrogen-bond donors (Lipinski definition) is 2. The molecule has 24 heavy (non-hydrogen) atoms. The van der Waals surface area contributed by atoms with Crippen LogP contribution in [0.5, 0.6) is 5.75 Å². The Hall–Kier alpha value is -1.02. The number of rotatable bonds is 6. The van der Waals surface area contributed by atoms with Gasteiger partial charge in [0.1, 0.15) is 5.75 Å². The maximum Gasteiger partial charge on any atom is 0.191 e. The summed E-state index contributed by atoms with van der Waals surface area (Å²) in [6.45, 7) is 6.77. The van der Waals surface area contributed by atoms with E-state index in [1.165, 1.54) is 25.9 Å². The smallest absolute Gasteiger partial charge is 0.191 e. The maximum absolute atomic E-state index is 5.66. The number of guanidine groups is 1. The van der Waals surface area contributed by atoms with Crippen molar-refractivity contribution in [1.29, 1.82) is 0 Å². The van der Waals surface area contributed by atoms with E-state index >= 15 is 0 Å². The van der Waals surface area contributed by atoms with Crippen molar-refractivity contribution in [2.45, 2.75) is 26.3 Å². The minimum atomic E-state index is 0. The van der Waals surface area contributed by atoms with Gasteiger partial charge in [0.05, 0.1) is 6.61 Å². The van der Waals surface area contributed by atoms with Crippen molar-refractivity contribution in [3.8, 4) is 5.75 Å². The normalized spacial score (nSPS) is 16.4. The van der Waals surface area contributed by atoms with Crippen LogP contribution in [0.1, 0.15) is 25.3 Å². The van der Waals surface area contributed by atoms with E-state index in [1.54, 1.807) is 0 Å². The summed E-state index contributed by atoms with van der Waals surface area (Å²) in [4.78, 5) is 6.72. The number of aliphatic imine (C=N–C) groups is 1. The second-order valence-electron chi connectivity index (χ2n) is 6.09. The molecule has 1 aliphatic rings. The molecule has 2 N–H and O–H groups in total. The molecule has 1 aromatic carbocycles. The van der Waals surface area contributed by atoms with Crippen LogP contribution in [0.25, 0.3) is 0 Å². The highest BCUT2D eigenvalue weighted by Crippen LogP contribution is 2.17. The Bertz CT molecular complexity index is 502. The van der Waals surface area contributed by atoms with Gasteiger partial charge in [0.25, 0.3) is 0 Å². The number of nitrogens with zero attached hydrogens (tertiary/aromatic N) is 2. The number of para-hydroxylation sites is 1. The summed E-state index contributed by atoms with van der Waals surface area (Å²) in [7, 11) is 4.01. The molecule has 6 heteroatoms. The molecule has 2 rings (SSSR count). The summed E-state index contributed by atoms with van der Waals surface area (Å²) >= 11 is 0. The van der Waals surface area contributed by atoms with Crippen LogP contribution in [-0.2, 0) is 6.54 Å². The molecule has 0 unspecified atom stereocenters. The first-order valence-electron chi connectivity index (χ1n) is 8.56. The lowest BCUT2D eigenvalue weighted by atomic mass is 9.97. The molecule has 1 aliphatic heterocycles. The summed E-state index contributed by atoms with van der Waals surface area (Å²) < 4.78 is 5.66. The largest absolute Gasteiger partial charge is 0.494 e. The summed E-state index contributed by atoms with van der Waals surface area (Å²) in [6, 6.07) is 8.13. The highest BCUT2D eigenvalue weighted by Gasteiger charge is 2.16. The molecule has 0 aromatic heterocycles. The van der Waals surface area contributed by atoms with E-state index in [2.05, 4.69) is 33.6 Å². The van der Waals surface area contributed by atoms with Gasteiger partial charge in [0, 0.05) is 25.7 Å². The molecular weight excluding hydrogens is 415 g/mol. The van der Waals surface area contributed by atoms with Crippen LogP contribution in [0.3, 0.4) is 0 Å². The van der Waals surface area contributed by atoms with Gasteiger partial charge < -0.3 is 20.3 Å². The number of nitrogens with one attached hydrogen (secondary N) is 2. The zero-order chi connectivity index (χ0) is 16.5. The van der Waals surface area contributed by atoms with Crippen LogP contribution in [0, 0.1) is 5.92 Å². The molecule has 0 amide bonds. The lowest BCUT2D eigenvalue weighted by molar-refractivity contribution is 0.220. The predicted molar refractivity (Wildman–Crippen MR) is 111 cm³/mol. The third kappa shape index (κ3) is 6.84. The van der Waals surface area contributed by atoms with Gasteiger partial charge in [0.15, 0.2) is 5.96 Å². The molecule has 5 nitrogen and oxygen atoms in total. The van der Waals surface area contributed by atoms with Crippen LogP contribution in [0.15, 0.2) is 29.3 Å². The van der Waals surface area contributed by atoms with E-state index in [9.17, 15) is 0 Å². The average Bonchev–Trinajstić information content (AvgIpc) is 2.58. The van der Waals surface area contributed by atoms with Crippen LogP contribution < -0.4 is 15.4 Å². The first-order valence-corrected chi connectivity index (χ1v) is 8.56. The van der Waals surface area contributed by atoms with E-state index in [-0.39, 0.29) is 24.0 Å². The molecule has 136 valence electrons. The lowest BCUT2D eigenvalue weighted by Crippen LogP contribution is -2.42. The standard InChI is InChI=1S/C18H30N4O.HI/c1-4-23-17-8-6-5-7-16(17)14-21-18(19-2)20-13-15-9-11-22(3)12-10-15;/h5-8,15H,4,9-14H2,1-3H3,(H2,19,20,21);1H. The van der Waals surface area contributed by atoms with Gasteiger partial charge in [-0.1, -0.05) is 18.2 Å². The Balaban J connectivity index is 0.00000288. The molecule has 0 atom stereocenters. The van der Waals surface area contributed by atoms with Crippen molar-refractivity contribution in [2.75, 3.05) is 40.3 Å². The number of likely N-dealkylation sites (tertiary alicyclic amines) is 1. The molecule has 1 heterocycles. The van der Waals surface area contributed by atoms with Crippen LogP contribution in [-0.4, -0.2) is 51.2 Å². The zero-order valence-corrected chi connectivity index (χ0v) is 17.4. The van der Waals surface area contributed by atoms with Crippen molar-refractivity contribution < 1.29 is 4.74 Å². The summed E-state index contributed by atoms with van der Waals surface area (Å²) in [5.74, 6) is 2.53. The minimum Gasteiger partial charge on any atom is -0.494 e. The SMILES string of the molecule is CCOc1ccccc1CNC(=NC)NCC1CCN(C)CC1.I. The first kappa shape index (κ1) is 21.0. The monoisotopic (exact) mass is 446 g/mol. The molecule has 0 spiro atoms. The van der Waals surface area contributed by atoms with Crippen molar-refractivity contribution in [3.63, 3.8) is 0 Å². The molecule has 0 saturated carbocycles. The molecule has 1 saturated heterocycles. The number of ether oxygens (including phenoxy) is 1. The molecule has 0 bridgehead atoms. The van der Waals surface area contributed by atoms with Crippen molar-refractivity contribution >= 4 is 29.9 Å². The van der Waals surface area contributed by atoms with Crippen LogP contribution in [0.2, 0.25) is 0 Å². The van der Waals surface area contributed by atoms with Gasteiger partial charge in [-0.2, -0.15) is 0 Å². The molecule has 0 radical (unpaired) electrons. The Labute approximate surface area is 163 Å². The fraction of sp³-hybridized carbons (Fsp3) is 0.611. The summed E-state index contributed by atoms with van der Waals surface area (Å²) in [5, 5.41) is 6.84. The number of hydrogen-bond acceptors (Lipinski definition) is 3. The number of piperidine rings is 1. The lowest BCUT2D eigenvalue weighted by Gasteiger charge is -2.29. The second-order valence-corrected chi connectivity index (χ2v) is 6.09. The van der Waals surface area contributed by atoms with Gasteiger partial charge in [-0.15, -0.1) is 24.0 Å². The summed E-state index contributed by atoms with van der Waals surface area (Å²) in [5.41, 5.74) is 1.15. The fourth-order valence-electron chi connectivity index (χ4n) is 2.85. The third-order valence-electron chi connectivity index (χ3n) is 4.34. The van der Waals surface area contributed by atoms with E-state index in [1.807, 2.05) is 32.2 Å². The van der Waals surface area contributed by atoms with E-state index in [0.29, 0.717) is 13.2 Å². The Morgan fingerprint density at radius 1 is 1.25 bits per heavy atom. The van der Waals surface area contributed by atoms with Gasteiger partial charge >= 0.3 is 0 Å². The van der Waals surface area contributed by atoms with Gasteiger partial charge in [0.2, 0.25) is 0 Å².